The summed E-state index contributed by atoms with van der Waals surface area (Å²) in [6, 6.07) is 16.6. The standard InChI is InChI=1S/C23H22N2O2/c1-3-26-21-12-17-10-11-25-15-20(16-8-6-5-7-9-16)19(14-24)23(25)18(17)13-22(21)27-4-2/h5-9,12-13,15H,3-4,10-11H2,1-2H3. The van der Waals surface area contributed by atoms with Crippen molar-refractivity contribution in [3.63, 3.8) is 0 Å². The third-order valence-electron chi connectivity index (χ3n) is 4.92. The van der Waals surface area contributed by atoms with Crippen LogP contribution in [0.5, 0.6) is 11.5 Å². The van der Waals surface area contributed by atoms with Gasteiger partial charge in [0.2, 0.25) is 0 Å². The van der Waals surface area contributed by atoms with E-state index in [2.05, 4.69) is 22.9 Å². The molecule has 0 spiro atoms. The van der Waals surface area contributed by atoms with Gasteiger partial charge in [-0.05, 0) is 43.5 Å². The highest BCUT2D eigenvalue weighted by molar-refractivity contribution is 5.84. The highest BCUT2D eigenvalue weighted by Crippen LogP contribution is 2.43. The first kappa shape index (κ1) is 17.2. The van der Waals surface area contributed by atoms with E-state index < -0.39 is 0 Å². The molecule has 0 radical (unpaired) electrons. The molecule has 0 bridgehead atoms. The monoisotopic (exact) mass is 358 g/mol. The van der Waals surface area contributed by atoms with Gasteiger partial charge >= 0.3 is 0 Å². The third kappa shape index (κ3) is 2.96. The van der Waals surface area contributed by atoms with Crippen molar-refractivity contribution in [1.29, 1.82) is 5.26 Å². The van der Waals surface area contributed by atoms with Crippen molar-refractivity contribution < 1.29 is 9.47 Å². The summed E-state index contributed by atoms with van der Waals surface area (Å²) in [7, 11) is 0. The molecule has 0 fully saturated rings. The molecule has 1 aliphatic rings. The summed E-state index contributed by atoms with van der Waals surface area (Å²) in [4.78, 5) is 0. The number of hydrogen-bond donors (Lipinski definition) is 0. The smallest absolute Gasteiger partial charge is 0.161 e. The van der Waals surface area contributed by atoms with E-state index in [9.17, 15) is 5.26 Å². The van der Waals surface area contributed by atoms with E-state index in [1.165, 1.54) is 5.56 Å². The summed E-state index contributed by atoms with van der Waals surface area (Å²) >= 11 is 0. The van der Waals surface area contributed by atoms with Gasteiger partial charge in [0, 0.05) is 23.9 Å². The highest BCUT2D eigenvalue weighted by Gasteiger charge is 2.25. The highest BCUT2D eigenvalue weighted by atomic mass is 16.5. The van der Waals surface area contributed by atoms with Crippen molar-refractivity contribution in [2.24, 2.45) is 0 Å². The third-order valence-corrected chi connectivity index (χ3v) is 4.92. The largest absolute Gasteiger partial charge is 0.490 e. The van der Waals surface area contributed by atoms with Crippen LogP contribution in [0.3, 0.4) is 0 Å². The molecule has 2 aromatic carbocycles. The maximum absolute atomic E-state index is 9.94. The molecular formula is C23H22N2O2. The number of hydrogen-bond acceptors (Lipinski definition) is 3. The van der Waals surface area contributed by atoms with Gasteiger partial charge in [-0.2, -0.15) is 5.26 Å². The zero-order valence-corrected chi connectivity index (χ0v) is 15.7. The molecule has 27 heavy (non-hydrogen) atoms. The predicted octanol–water partition coefficient (Wildman–Crippen LogP) is 5.05. The molecule has 2 heterocycles. The predicted molar refractivity (Wildman–Crippen MR) is 106 cm³/mol. The van der Waals surface area contributed by atoms with Gasteiger partial charge in [-0.1, -0.05) is 30.3 Å². The van der Waals surface area contributed by atoms with Gasteiger partial charge in [0.25, 0.3) is 0 Å². The molecule has 0 N–H and O–H groups in total. The van der Waals surface area contributed by atoms with Crippen molar-refractivity contribution in [2.45, 2.75) is 26.8 Å². The Morgan fingerprint density at radius 2 is 1.70 bits per heavy atom. The average Bonchev–Trinajstić information content (AvgIpc) is 3.08. The topological polar surface area (TPSA) is 47.2 Å². The molecule has 1 aromatic heterocycles. The number of nitrogens with zero attached hydrogens (tertiary/aromatic N) is 2. The van der Waals surface area contributed by atoms with Crippen LogP contribution in [-0.4, -0.2) is 17.8 Å². The second-order valence-electron chi connectivity index (χ2n) is 6.51. The summed E-state index contributed by atoms with van der Waals surface area (Å²) in [6.45, 7) is 5.95. The number of nitriles is 1. The lowest BCUT2D eigenvalue weighted by Gasteiger charge is -2.22. The Labute approximate surface area is 159 Å². The van der Waals surface area contributed by atoms with E-state index in [1.54, 1.807) is 0 Å². The van der Waals surface area contributed by atoms with Crippen LogP contribution in [-0.2, 0) is 13.0 Å². The SMILES string of the molecule is CCOc1cc2c(cc1OCC)-c1c(C#N)c(-c3ccccc3)cn1CC2. The van der Waals surface area contributed by atoms with Crippen LogP contribution in [0.25, 0.3) is 22.4 Å². The van der Waals surface area contributed by atoms with Gasteiger partial charge < -0.3 is 14.0 Å². The first-order chi connectivity index (χ1) is 13.3. The van der Waals surface area contributed by atoms with Crippen LogP contribution < -0.4 is 9.47 Å². The lowest BCUT2D eigenvalue weighted by Crippen LogP contribution is -2.11. The molecule has 136 valence electrons. The van der Waals surface area contributed by atoms with Crippen LogP contribution in [0.4, 0.5) is 0 Å². The summed E-state index contributed by atoms with van der Waals surface area (Å²) in [5.74, 6) is 1.51. The quantitative estimate of drug-likeness (QED) is 0.641. The van der Waals surface area contributed by atoms with Crippen LogP contribution in [0, 0.1) is 11.3 Å². The summed E-state index contributed by atoms with van der Waals surface area (Å²) in [5.41, 5.74) is 5.99. The lowest BCUT2D eigenvalue weighted by molar-refractivity contribution is 0.287. The molecule has 0 aliphatic carbocycles. The van der Waals surface area contributed by atoms with Crippen LogP contribution >= 0.6 is 0 Å². The minimum absolute atomic E-state index is 0.570. The first-order valence-corrected chi connectivity index (χ1v) is 9.38. The van der Waals surface area contributed by atoms with Crippen molar-refractivity contribution in [1.82, 2.24) is 4.57 Å². The molecule has 0 saturated carbocycles. The molecule has 0 atom stereocenters. The van der Waals surface area contributed by atoms with Crippen molar-refractivity contribution in [3.8, 4) is 40.0 Å². The van der Waals surface area contributed by atoms with Crippen LogP contribution in [0.1, 0.15) is 25.0 Å². The molecule has 3 aromatic rings. The van der Waals surface area contributed by atoms with Gasteiger partial charge in [-0.15, -0.1) is 0 Å². The second kappa shape index (κ2) is 7.20. The molecule has 4 nitrogen and oxygen atoms in total. The Morgan fingerprint density at radius 3 is 2.37 bits per heavy atom. The molecule has 0 unspecified atom stereocenters. The number of benzene rings is 2. The Hall–Kier alpha value is -3.19. The van der Waals surface area contributed by atoms with E-state index in [4.69, 9.17) is 9.47 Å². The Balaban J connectivity index is 1.91. The van der Waals surface area contributed by atoms with Gasteiger partial charge in [-0.25, -0.2) is 0 Å². The van der Waals surface area contributed by atoms with Gasteiger partial charge in [0.15, 0.2) is 11.5 Å². The number of rotatable bonds is 5. The summed E-state index contributed by atoms with van der Waals surface area (Å²) in [5, 5.41) is 9.94. The zero-order chi connectivity index (χ0) is 18.8. The van der Waals surface area contributed by atoms with Crippen molar-refractivity contribution in [3.05, 3.63) is 59.8 Å². The molecular weight excluding hydrogens is 336 g/mol. The zero-order valence-electron chi connectivity index (χ0n) is 15.7. The maximum Gasteiger partial charge on any atom is 0.161 e. The first-order valence-electron chi connectivity index (χ1n) is 9.38. The normalized spacial score (nSPS) is 12.0. The number of ether oxygens (including phenoxy) is 2. The van der Waals surface area contributed by atoms with E-state index in [1.807, 2.05) is 50.2 Å². The van der Waals surface area contributed by atoms with Crippen molar-refractivity contribution in [2.75, 3.05) is 13.2 Å². The Bertz CT molecular complexity index is 1010. The van der Waals surface area contributed by atoms with Gasteiger partial charge in [-0.3, -0.25) is 0 Å². The fourth-order valence-electron chi connectivity index (χ4n) is 3.78. The van der Waals surface area contributed by atoms with Gasteiger partial charge in [0.05, 0.1) is 24.5 Å². The molecule has 0 amide bonds. The number of aromatic nitrogens is 1. The average molecular weight is 358 g/mol. The molecule has 4 rings (SSSR count). The van der Waals surface area contributed by atoms with E-state index in [0.717, 1.165) is 46.8 Å². The minimum Gasteiger partial charge on any atom is -0.490 e. The molecule has 1 aliphatic heterocycles. The van der Waals surface area contributed by atoms with E-state index in [0.29, 0.717) is 18.8 Å². The minimum atomic E-state index is 0.570. The maximum atomic E-state index is 9.94. The Kier molecular flexibility index (Phi) is 4.60. The fraction of sp³-hybridized carbons (Fsp3) is 0.261. The van der Waals surface area contributed by atoms with Gasteiger partial charge in [0.1, 0.15) is 6.07 Å². The van der Waals surface area contributed by atoms with Crippen LogP contribution in [0.15, 0.2) is 48.7 Å². The fourth-order valence-corrected chi connectivity index (χ4v) is 3.78. The number of aryl methyl sites for hydroxylation is 2. The van der Waals surface area contributed by atoms with E-state index in [-0.39, 0.29) is 0 Å². The summed E-state index contributed by atoms with van der Waals surface area (Å²) in [6.07, 6.45) is 3.01. The van der Waals surface area contributed by atoms with Crippen LogP contribution in [0.2, 0.25) is 0 Å². The summed E-state index contributed by atoms with van der Waals surface area (Å²) < 4.78 is 13.8. The number of fused-ring (bicyclic) bond motifs is 3. The Morgan fingerprint density at radius 1 is 1.00 bits per heavy atom. The van der Waals surface area contributed by atoms with E-state index >= 15 is 0 Å². The molecule has 0 saturated heterocycles. The van der Waals surface area contributed by atoms with Crippen molar-refractivity contribution >= 4 is 0 Å². The lowest BCUT2D eigenvalue weighted by atomic mass is 9.94. The molecule has 4 heteroatoms. The second-order valence-corrected chi connectivity index (χ2v) is 6.51.